The molecule has 1 aromatic carbocycles. The molecular formula is C17H15ClN4O3S. The van der Waals surface area contributed by atoms with Gasteiger partial charge in [-0.3, -0.25) is 4.79 Å². The largest absolute Gasteiger partial charge is 0.285 e. The molecule has 2 aromatic heterocycles. The highest BCUT2D eigenvalue weighted by Gasteiger charge is 2.23. The molecule has 0 unspecified atom stereocenters. The fourth-order valence-electron chi connectivity index (χ4n) is 2.42. The Balaban J connectivity index is 1.91. The lowest BCUT2D eigenvalue weighted by molar-refractivity contribution is 0.0976. The second-order valence-corrected chi connectivity index (χ2v) is 7.65. The van der Waals surface area contributed by atoms with E-state index in [2.05, 4.69) is 10.1 Å². The highest BCUT2D eigenvalue weighted by molar-refractivity contribution is 7.90. The summed E-state index contributed by atoms with van der Waals surface area (Å²) in [6.07, 6.45) is 1.55. The van der Waals surface area contributed by atoms with Crippen molar-refractivity contribution in [1.29, 1.82) is 0 Å². The molecule has 0 fully saturated rings. The van der Waals surface area contributed by atoms with Gasteiger partial charge in [-0.1, -0.05) is 29.8 Å². The minimum atomic E-state index is -4.01. The summed E-state index contributed by atoms with van der Waals surface area (Å²) in [6.45, 7) is 3.37. The van der Waals surface area contributed by atoms with Gasteiger partial charge in [0.2, 0.25) is 0 Å². The summed E-state index contributed by atoms with van der Waals surface area (Å²) in [5, 5.41) is 4.49. The molecule has 0 saturated heterocycles. The maximum absolute atomic E-state index is 12.5. The monoisotopic (exact) mass is 390 g/mol. The third kappa shape index (κ3) is 3.47. The Hall–Kier alpha value is -2.71. The van der Waals surface area contributed by atoms with Crippen molar-refractivity contribution in [2.45, 2.75) is 18.7 Å². The second kappa shape index (κ2) is 6.89. The Morgan fingerprint density at radius 1 is 1.15 bits per heavy atom. The van der Waals surface area contributed by atoms with Crippen LogP contribution in [0.1, 0.15) is 21.7 Å². The molecule has 3 aromatic rings. The predicted molar refractivity (Wildman–Crippen MR) is 96.9 cm³/mol. The Morgan fingerprint density at radius 3 is 2.58 bits per heavy atom. The Labute approximate surface area is 155 Å². The molecule has 0 radical (unpaired) electrons. The standard InChI is InChI=1S/C17H15ClN4O3S/c1-11-6-3-4-8-15(11)26(24,25)21-17(23)14-10-12(2)22(20-14)16-13(18)7-5-9-19-16/h3-10H,1-2H3,(H,21,23). The number of carbonyl (C=O) groups excluding carboxylic acids is 1. The number of aryl methyl sites for hydroxylation is 2. The van der Waals surface area contributed by atoms with E-state index in [1.165, 1.54) is 16.8 Å². The van der Waals surface area contributed by atoms with E-state index in [1.54, 1.807) is 50.4 Å². The Morgan fingerprint density at radius 2 is 1.88 bits per heavy atom. The number of benzene rings is 1. The van der Waals surface area contributed by atoms with Gasteiger partial charge in [0.05, 0.1) is 9.92 Å². The lowest BCUT2D eigenvalue weighted by Crippen LogP contribution is -2.31. The van der Waals surface area contributed by atoms with Crippen LogP contribution in [-0.4, -0.2) is 29.1 Å². The highest BCUT2D eigenvalue weighted by Crippen LogP contribution is 2.19. The average Bonchev–Trinajstić information content (AvgIpc) is 2.97. The molecule has 0 saturated carbocycles. The number of amides is 1. The van der Waals surface area contributed by atoms with Crippen molar-refractivity contribution in [2.24, 2.45) is 0 Å². The summed E-state index contributed by atoms with van der Waals surface area (Å²) in [6, 6.07) is 11.2. The van der Waals surface area contributed by atoms with Gasteiger partial charge in [0.15, 0.2) is 11.5 Å². The van der Waals surface area contributed by atoms with Crippen molar-refractivity contribution in [3.8, 4) is 5.82 Å². The van der Waals surface area contributed by atoms with Crippen molar-refractivity contribution >= 4 is 27.5 Å². The van der Waals surface area contributed by atoms with Gasteiger partial charge in [-0.2, -0.15) is 5.10 Å². The molecule has 7 nitrogen and oxygen atoms in total. The number of hydrogen-bond donors (Lipinski definition) is 1. The van der Waals surface area contributed by atoms with Crippen molar-refractivity contribution < 1.29 is 13.2 Å². The summed E-state index contributed by atoms with van der Waals surface area (Å²) in [5.41, 5.74) is 1.07. The summed E-state index contributed by atoms with van der Waals surface area (Å²) < 4.78 is 28.3. The molecule has 0 aliphatic rings. The summed E-state index contributed by atoms with van der Waals surface area (Å²) in [5.74, 6) is -0.477. The number of nitrogens with zero attached hydrogens (tertiary/aromatic N) is 3. The van der Waals surface area contributed by atoms with Crippen LogP contribution in [0, 0.1) is 13.8 Å². The molecule has 1 amide bonds. The van der Waals surface area contributed by atoms with Crippen LogP contribution in [0.15, 0.2) is 53.6 Å². The summed E-state index contributed by atoms with van der Waals surface area (Å²) in [7, 11) is -4.01. The number of sulfonamides is 1. The van der Waals surface area contributed by atoms with Gasteiger partial charge in [-0.15, -0.1) is 0 Å². The summed E-state index contributed by atoms with van der Waals surface area (Å²) >= 11 is 6.10. The van der Waals surface area contributed by atoms with Crippen LogP contribution in [0.4, 0.5) is 0 Å². The molecule has 0 atom stereocenters. The van der Waals surface area contributed by atoms with Crippen LogP contribution >= 0.6 is 11.6 Å². The Kier molecular flexibility index (Phi) is 4.80. The van der Waals surface area contributed by atoms with Crippen LogP contribution in [0.5, 0.6) is 0 Å². The molecular weight excluding hydrogens is 376 g/mol. The molecule has 26 heavy (non-hydrogen) atoms. The maximum Gasteiger partial charge on any atom is 0.285 e. The number of pyridine rings is 1. The first-order valence-corrected chi connectivity index (χ1v) is 9.46. The zero-order valence-corrected chi connectivity index (χ0v) is 15.5. The van der Waals surface area contributed by atoms with Gasteiger partial charge in [0, 0.05) is 11.9 Å². The second-order valence-electron chi connectivity index (χ2n) is 5.59. The molecule has 134 valence electrons. The number of nitrogens with one attached hydrogen (secondary N) is 1. The lowest BCUT2D eigenvalue weighted by atomic mass is 10.2. The van der Waals surface area contributed by atoms with E-state index in [4.69, 9.17) is 11.6 Å². The molecule has 9 heteroatoms. The van der Waals surface area contributed by atoms with Gasteiger partial charge in [-0.25, -0.2) is 22.8 Å². The van der Waals surface area contributed by atoms with Crippen molar-refractivity contribution in [3.05, 3.63) is 70.6 Å². The van der Waals surface area contributed by atoms with Crippen molar-refractivity contribution in [3.63, 3.8) is 0 Å². The molecule has 0 spiro atoms. The number of rotatable bonds is 4. The van der Waals surface area contributed by atoms with Crippen LogP contribution in [0.2, 0.25) is 5.02 Å². The minimum absolute atomic E-state index is 0.0391. The van der Waals surface area contributed by atoms with Gasteiger partial charge in [0.1, 0.15) is 0 Å². The average molecular weight is 391 g/mol. The predicted octanol–water partition coefficient (Wildman–Crippen LogP) is 2.66. The Bertz CT molecular complexity index is 1090. The fraction of sp³-hybridized carbons (Fsp3) is 0.118. The third-order valence-electron chi connectivity index (χ3n) is 3.67. The fourth-order valence-corrected chi connectivity index (χ4v) is 3.83. The maximum atomic E-state index is 12.5. The van der Waals surface area contributed by atoms with Crippen LogP contribution in [0.3, 0.4) is 0 Å². The van der Waals surface area contributed by atoms with Gasteiger partial charge < -0.3 is 0 Å². The molecule has 0 aliphatic heterocycles. The van der Waals surface area contributed by atoms with Crippen LogP contribution < -0.4 is 4.72 Å². The number of hydrogen-bond acceptors (Lipinski definition) is 5. The van der Waals surface area contributed by atoms with E-state index in [-0.39, 0.29) is 10.6 Å². The summed E-state index contributed by atoms with van der Waals surface area (Å²) in [4.78, 5) is 16.6. The highest BCUT2D eigenvalue weighted by atomic mass is 35.5. The number of aromatic nitrogens is 3. The van der Waals surface area contributed by atoms with Crippen LogP contribution in [-0.2, 0) is 10.0 Å². The van der Waals surface area contributed by atoms with E-state index in [1.807, 2.05) is 4.72 Å². The third-order valence-corrected chi connectivity index (χ3v) is 5.46. The first-order chi connectivity index (χ1) is 12.3. The van der Waals surface area contributed by atoms with E-state index in [0.717, 1.165) is 0 Å². The van der Waals surface area contributed by atoms with Gasteiger partial charge in [0.25, 0.3) is 15.9 Å². The van der Waals surface area contributed by atoms with E-state index in [9.17, 15) is 13.2 Å². The van der Waals surface area contributed by atoms with E-state index < -0.39 is 15.9 Å². The number of carbonyl (C=O) groups is 1. The van der Waals surface area contributed by atoms with Crippen molar-refractivity contribution in [1.82, 2.24) is 19.5 Å². The normalized spacial score (nSPS) is 11.3. The van der Waals surface area contributed by atoms with Gasteiger partial charge in [-0.05, 0) is 43.7 Å². The van der Waals surface area contributed by atoms with E-state index >= 15 is 0 Å². The lowest BCUT2D eigenvalue weighted by Gasteiger charge is -2.08. The molecule has 1 N–H and O–H groups in total. The molecule has 0 aliphatic carbocycles. The number of halogens is 1. The zero-order chi connectivity index (χ0) is 18.9. The topological polar surface area (TPSA) is 94.0 Å². The van der Waals surface area contributed by atoms with Crippen LogP contribution in [0.25, 0.3) is 5.82 Å². The minimum Gasteiger partial charge on any atom is -0.266 e. The SMILES string of the molecule is Cc1ccccc1S(=O)(=O)NC(=O)c1cc(C)n(-c2ncccc2Cl)n1. The quantitative estimate of drug-likeness (QED) is 0.739. The zero-order valence-electron chi connectivity index (χ0n) is 14.0. The van der Waals surface area contributed by atoms with Crippen molar-refractivity contribution in [2.75, 3.05) is 0 Å². The molecule has 2 heterocycles. The molecule has 0 bridgehead atoms. The first kappa shape index (κ1) is 18.1. The molecule has 3 rings (SSSR count). The first-order valence-electron chi connectivity index (χ1n) is 7.60. The smallest absolute Gasteiger partial charge is 0.266 e. The van der Waals surface area contributed by atoms with E-state index in [0.29, 0.717) is 22.1 Å². The van der Waals surface area contributed by atoms with Gasteiger partial charge >= 0.3 is 0 Å².